The number of aliphatic carboxylic acids is 1. The fourth-order valence-corrected chi connectivity index (χ4v) is 1.79. The lowest BCUT2D eigenvalue weighted by Gasteiger charge is -2.18. The van der Waals surface area contributed by atoms with Gasteiger partial charge in [0.05, 0.1) is 0 Å². The minimum atomic E-state index is -1.14. The van der Waals surface area contributed by atoms with Gasteiger partial charge in [-0.1, -0.05) is 5.16 Å². The minimum Gasteiger partial charge on any atom is -0.476 e. The molecule has 0 amide bonds. The predicted molar refractivity (Wildman–Crippen MR) is 62.8 cm³/mol. The zero-order chi connectivity index (χ0) is 12.4. The molecule has 1 aromatic carbocycles. The Bertz CT molecular complexity index is 523. The summed E-state index contributed by atoms with van der Waals surface area (Å²) in [6, 6.07) is 3.40. The highest BCUT2D eigenvalue weighted by Gasteiger charge is 2.24. The lowest BCUT2D eigenvalue weighted by atomic mass is 9.96. The van der Waals surface area contributed by atoms with Gasteiger partial charge in [0, 0.05) is 35.6 Å². The van der Waals surface area contributed by atoms with Crippen molar-refractivity contribution >= 4 is 23.6 Å². The van der Waals surface area contributed by atoms with Gasteiger partial charge >= 0.3 is 5.97 Å². The van der Waals surface area contributed by atoms with E-state index in [1.165, 1.54) is 6.21 Å². The minimum absolute atomic E-state index is 0.128. The second-order valence-electron chi connectivity index (χ2n) is 3.47. The highest BCUT2D eigenvalue weighted by molar-refractivity contribution is 6.43. The number of carboxylic acid groups (broad SMARTS) is 1. The normalized spacial score (nSPS) is 13.1. The number of fused-ring (bicyclic) bond motifs is 1. The maximum atomic E-state index is 11.0. The molecule has 6 heteroatoms. The van der Waals surface area contributed by atoms with Gasteiger partial charge in [0.2, 0.25) is 0 Å². The molecule has 88 valence electrons. The Labute approximate surface area is 97.4 Å². The zero-order valence-corrected chi connectivity index (χ0v) is 9.15. The predicted octanol–water partition coefficient (Wildman–Crippen LogP) is 1.04. The first-order chi connectivity index (χ1) is 8.19. The summed E-state index contributed by atoms with van der Waals surface area (Å²) in [6.45, 7) is 0.173. The summed E-state index contributed by atoms with van der Waals surface area (Å²) in [4.78, 5) is 15.9. The summed E-state index contributed by atoms with van der Waals surface area (Å²) in [6.07, 6.45) is 1.18. The highest BCUT2D eigenvalue weighted by atomic mass is 16.6. The molecule has 0 aliphatic carbocycles. The van der Waals surface area contributed by atoms with Crippen molar-refractivity contribution < 1.29 is 14.7 Å². The van der Waals surface area contributed by atoms with E-state index >= 15 is 0 Å². The van der Waals surface area contributed by atoms with E-state index in [2.05, 4.69) is 10.5 Å². The van der Waals surface area contributed by atoms with Crippen LogP contribution in [0.5, 0.6) is 0 Å². The quantitative estimate of drug-likeness (QED) is 0.680. The third-order valence-corrected chi connectivity index (χ3v) is 2.59. The molecular formula is C11H11N3O3. The van der Waals surface area contributed by atoms with Crippen LogP contribution in [0.4, 0.5) is 5.69 Å². The van der Waals surface area contributed by atoms with Gasteiger partial charge in [0.15, 0.2) is 5.71 Å². The average molecular weight is 233 g/mol. The lowest BCUT2D eigenvalue weighted by molar-refractivity contribution is -0.129. The van der Waals surface area contributed by atoms with E-state index < -0.39 is 5.97 Å². The number of anilines is 1. The van der Waals surface area contributed by atoms with Crippen LogP contribution in [0.25, 0.3) is 0 Å². The molecule has 3 N–H and O–H groups in total. The van der Waals surface area contributed by atoms with Crippen molar-refractivity contribution in [3.63, 3.8) is 0 Å². The van der Waals surface area contributed by atoms with Crippen LogP contribution in [0.2, 0.25) is 0 Å². The van der Waals surface area contributed by atoms with Crippen LogP contribution in [-0.2, 0) is 16.2 Å². The number of carboxylic acids is 1. The Morgan fingerprint density at radius 1 is 1.65 bits per heavy atom. The van der Waals surface area contributed by atoms with E-state index in [-0.39, 0.29) is 12.3 Å². The Morgan fingerprint density at radius 2 is 2.41 bits per heavy atom. The van der Waals surface area contributed by atoms with Gasteiger partial charge in [0.1, 0.15) is 6.61 Å². The fourth-order valence-electron chi connectivity index (χ4n) is 1.79. The summed E-state index contributed by atoms with van der Waals surface area (Å²) in [5, 5.41) is 22.9. The van der Waals surface area contributed by atoms with E-state index in [0.29, 0.717) is 16.7 Å². The molecule has 6 nitrogen and oxygen atoms in total. The van der Waals surface area contributed by atoms with Gasteiger partial charge in [-0.25, -0.2) is 4.79 Å². The largest absolute Gasteiger partial charge is 0.476 e. The molecule has 0 saturated heterocycles. The van der Waals surface area contributed by atoms with Gasteiger partial charge in [-0.15, -0.1) is 0 Å². The number of nitrogens with zero attached hydrogens (tertiary/aromatic N) is 1. The fraction of sp³-hybridized carbons (Fsp3) is 0.182. The SMILES string of the molecule is CNc1ccc2c(c1C=N)CON=C2C(=O)O. The summed E-state index contributed by atoms with van der Waals surface area (Å²) >= 11 is 0. The van der Waals surface area contributed by atoms with Gasteiger partial charge < -0.3 is 20.7 Å². The molecular weight excluding hydrogens is 222 g/mol. The lowest BCUT2D eigenvalue weighted by Crippen LogP contribution is -2.22. The first kappa shape index (κ1) is 11.1. The number of nitrogens with one attached hydrogen (secondary N) is 2. The molecule has 1 aliphatic rings. The molecule has 0 unspecified atom stereocenters. The van der Waals surface area contributed by atoms with Crippen molar-refractivity contribution in [3.8, 4) is 0 Å². The number of oxime groups is 1. The monoisotopic (exact) mass is 233 g/mol. The Morgan fingerprint density at radius 3 is 3.00 bits per heavy atom. The molecule has 1 aromatic rings. The first-order valence-electron chi connectivity index (χ1n) is 4.96. The number of benzene rings is 1. The number of hydrogen-bond acceptors (Lipinski definition) is 5. The maximum absolute atomic E-state index is 11.0. The van der Waals surface area contributed by atoms with E-state index in [4.69, 9.17) is 15.4 Å². The van der Waals surface area contributed by atoms with E-state index in [1.54, 1.807) is 19.2 Å². The van der Waals surface area contributed by atoms with Crippen LogP contribution in [-0.4, -0.2) is 30.0 Å². The third-order valence-electron chi connectivity index (χ3n) is 2.59. The molecule has 1 heterocycles. The maximum Gasteiger partial charge on any atom is 0.358 e. The van der Waals surface area contributed by atoms with E-state index in [0.717, 1.165) is 5.69 Å². The highest BCUT2D eigenvalue weighted by Crippen LogP contribution is 2.26. The van der Waals surface area contributed by atoms with Gasteiger partial charge in [-0.2, -0.15) is 0 Å². The molecule has 0 fully saturated rings. The number of hydrogen-bond donors (Lipinski definition) is 3. The summed E-state index contributed by atoms with van der Waals surface area (Å²) in [5.41, 5.74) is 2.42. The second kappa shape index (κ2) is 4.25. The van der Waals surface area contributed by atoms with Crippen LogP contribution in [0, 0.1) is 5.41 Å². The van der Waals surface area contributed by atoms with Gasteiger partial charge in [-0.05, 0) is 12.1 Å². The number of carbonyl (C=O) groups is 1. The molecule has 0 spiro atoms. The van der Waals surface area contributed by atoms with Crippen molar-refractivity contribution in [1.82, 2.24) is 0 Å². The summed E-state index contributed by atoms with van der Waals surface area (Å²) in [5.74, 6) is -1.14. The van der Waals surface area contributed by atoms with Crippen LogP contribution in [0.15, 0.2) is 17.3 Å². The molecule has 0 saturated carbocycles. The Kier molecular flexibility index (Phi) is 2.78. The van der Waals surface area contributed by atoms with E-state index in [1.807, 2.05) is 0 Å². The standard InChI is InChI=1S/C11H11N3O3/c1-13-9-3-2-6-8(7(9)4-12)5-17-14-10(6)11(15)16/h2-4,12-13H,5H2,1H3,(H,15,16). The second-order valence-corrected chi connectivity index (χ2v) is 3.47. The van der Waals surface area contributed by atoms with Crippen molar-refractivity contribution in [2.75, 3.05) is 12.4 Å². The smallest absolute Gasteiger partial charge is 0.358 e. The van der Waals surface area contributed by atoms with Gasteiger partial charge in [0.25, 0.3) is 0 Å². The van der Waals surface area contributed by atoms with Crippen LogP contribution in [0.3, 0.4) is 0 Å². The molecule has 0 atom stereocenters. The molecule has 0 radical (unpaired) electrons. The average Bonchev–Trinajstić information content (AvgIpc) is 2.36. The topological polar surface area (TPSA) is 94.8 Å². The third kappa shape index (κ3) is 1.73. The summed E-state index contributed by atoms with van der Waals surface area (Å²) in [7, 11) is 1.74. The molecule has 0 bridgehead atoms. The van der Waals surface area contributed by atoms with Crippen molar-refractivity contribution in [2.24, 2.45) is 5.16 Å². The zero-order valence-electron chi connectivity index (χ0n) is 9.15. The molecule has 1 aliphatic heterocycles. The van der Waals surface area contributed by atoms with Crippen LogP contribution in [0.1, 0.15) is 16.7 Å². The van der Waals surface area contributed by atoms with Crippen molar-refractivity contribution in [3.05, 3.63) is 28.8 Å². The molecule has 2 rings (SSSR count). The van der Waals surface area contributed by atoms with Gasteiger partial charge in [-0.3, -0.25) is 0 Å². The van der Waals surface area contributed by atoms with E-state index in [9.17, 15) is 4.79 Å². The van der Waals surface area contributed by atoms with Crippen LogP contribution >= 0.6 is 0 Å². The number of rotatable bonds is 3. The first-order valence-corrected chi connectivity index (χ1v) is 4.96. The van der Waals surface area contributed by atoms with Crippen LogP contribution < -0.4 is 5.32 Å². The Balaban J connectivity index is 2.65. The van der Waals surface area contributed by atoms with Crippen molar-refractivity contribution in [2.45, 2.75) is 6.61 Å². The van der Waals surface area contributed by atoms with Crippen molar-refractivity contribution in [1.29, 1.82) is 5.41 Å². The Hall–Kier alpha value is -2.37. The summed E-state index contributed by atoms with van der Waals surface area (Å²) < 4.78 is 0. The molecule has 0 aromatic heterocycles. The molecule has 17 heavy (non-hydrogen) atoms.